The maximum atomic E-state index is 8.47. The third-order valence-electron chi connectivity index (χ3n) is 7.77. The van der Waals surface area contributed by atoms with Gasteiger partial charge >= 0.3 is 0 Å². The molecule has 0 bridgehead atoms. The number of hydrogen-bond acceptors (Lipinski definition) is 4. The number of aromatic nitrogens is 3. The van der Waals surface area contributed by atoms with Crippen molar-refractivity contribution in [3.05, 3.63) is 151 Å². The second-order valence-corrected chi connectivity index (χ2v) is 12.5. The average Bonchev–Trinajstić information content (AvgIpc) is 3.57. The number of aryl methyl sites for hydroxylation is 2. The van der Waals surface area contributed by atoms with Crippen molar-refractivity contribution in [3.8, 4) is 33.8 Å². The molecule has 4 aromatic heterocycles. The van der Waals surface area contributed by atoms with Gasteiger partial charge in [-0.25, -0.2) is 0 Å². The van der Waals surface area contributed by atoms with Crippen LogP contribution in [0.1, 0.15) is 48.4 Å². The first kappa shape index (κ1) is 25.1. The minimum Gasteiger partial charge on any atom is -0.500 e. The zero-order chi connectivity index (χ0) is 40.0. The van der Waals surface area contributed by atoms with Gasteiger partial charge in [-0.3, -0.25) is 4.98 Å². The molecule has 4 aromatic carbocycles. The molecule has 0 amide bonds. The maximum Gasteiger partial charge on any atom is 0.128 e. The molecule has 0 atom stereocenters. The zero-order valence-corrected chi connectivity index (χ0v) is 29.5. The van der Waals surface area contributed by atoms with E-state index in [1.165, 1.54) is 24.4 Å². The molecule has 0 saturated carbocycles. The summed E-state index contributed by atoms with van der Waals surface area (Å²) in [5.74, 6) is 0. The van der Waals surface area contributed by atoms with Crippen LogP contribution in [0.2, 0.25) is 0 Å². The van der Waals surface area contributed by atoms with E-state index in [4.69, 9.17) is 20.4 Å². The number of rotatable bonds is 4. The number of furan rings is 1. The summed E-state index contributed by atoms with van der Waals surface area (Å²) in [5, 5.41) is 4.35. The fraction of sp³-hybridized carbons (Fsp3) is 0.159. The standard InChI is InChI=1S/C31H25N2O.C13H12N.Ir/c1-31(2,3)17-20-11-15-27(32-18-20)22-13-16-28(33-19-22)26-10-6-9-24-25-14-12-21-7-4-5-8-23(21)29(25)34-30(24)26;1-10-3-6-12(7-4-10)13-8-5-11(2)9-14-13;/h4-9,11-16,18-19H,17H2,1-3H3;3-6,8-9H,1-2H3;/q2*-1;/i17D2;1D3,2D3;. The van der Waals surface area contributed by atoms with Crippen LogP contribution in [0.4, 0.5) is 0 Å². The Morgan fingerprint density at radius 2 is 1.43 bits per heavy atom. The number of hydrogen-bond donors (Lipinski definition) is 0. The van der Waals surface area contributed by atoms with E-state index in [1.54, 1.807) is 24.5 Å². The first-order valence-corrected chi connectivity index (χ1v) is 15.6. The molecule has 0 aliphatic rings. The summed E-state index contributed by atoms with van der Waals surface area (Å²) < 4.78 is 67.0. The van der Waals surface area contributed by atoms with Gasteiger partial charge < -0.3 is 14.4 Å². The first-order valence-electron chi connectivity index (χ1n) is 19.6. The van der Waals surface area contributed by atoms with Crippen LogP contribution in [0.3, 0.4) is 0 Å². The summed E-state index contributed by atoms with van der Waals surface area (Å²) in [6, 6.07) is 37.8. The molecule has 0 unspecified atom stereocenters. The van der Waals surface area contributed by atoms with Crippen LogP contribution in [0.15, 0.2) is 126 Å². The van der Waals surface area contributed by atoms with Crippen molar-refractivity contribution in [3.63, 3.8) is 0 Å². The fourth-order valence-corrected chi connectivity index (χ4v) is 5.56. The van der Waals surface area contributed by atoms with Crippen molar-refractivity contribution in [2.45, 2.75) is 40.8 Å². The van der Waals surface area contributed by atoms with Crippen LogP contribution in [0, 0.1) is 31.3 Å². The Kier molecular flexibility index (Phi) is 7.30. The Bertz CT molecular complexity index is 2590. The summed E-state index contributed by atoms with van der Waals surface area (Å²) in [4.78, 5) is 13.3. The van der Waals surface area contributed by atoms with Gasteiger partial charge in [-0.1, -0.05) is 105 Å². The fourth-order valence-electron chi connectivity index (χ4n) is 5.56. The van der Waals surface area contributed by atoms with E-state index in [1.807, 2.05) is 69.3 Å². The molecule has 0 spiro atoms. The predicted octanol–water partition coefficient (Wildman–Crippen LogP) is 11.4. The van der Waals surface area contributed by atoms with Crippen molar-refractivity contribution in [2.75, 3.05) is 0 Å². The van der Waals surface area contributed by atoms with E-state index >= 15 is 0 Å². The normalized spacial score (nSPS) is 14.5. The molecular weight excluding hydrogens is 779 g/mol. The number of fused-ring (bicyclic) bond motifs is 5. The van der Waals surface area contributed by atoms with E-state index in [0.717, 1.165) is 55.2 Å². The van der Waals surface area contributed by atoms with Crippen molar-refractivity contribution >= 4 is 32.7 Å². The molecule has 1 radical (unpaired) electrons. The Morgan fingerprint density at radius 3 is 2.12 bits per heavy atom. The van der Waals surface area contributed by atoms with E-state index in [2.05, 4.69) is 46.4 Å². The molecule has 4 heterocycles. The molecule has 8 aromatic rings. The predicted molar refractivity (Wildman–Crippen MR) is 198 cm³/mol. The van der Waals surface area contributed by atoms with Gasteiger partial charge in [0.15, 0.2) is 0 Å². The smallest absolute Gasteiger partial charge is 0.128 e. The van der Waals surface area contributed by atoms with Crippen LogP contribution in [0.25, 0.3) is 66.5 Å². The van der Waals surface area contributed by atoms with Crippen molar-refractivity contribution in [1.82, 2.24) is 15.0 Å². The summed E-state index contributed by atoms with van der Waals surface area (Å²) in [6.07, 6.45) is 3.24. The van der Waals surface area contributed by atoms with E-state index < -0.39 is 25.5 Å². The number of nitrogens with zero attached hydrogens (tertiary/aromatic N) is 3. The third kappa shape index (κ3) is 7.54. The van der Waals surface area contributed by atoms with E-state index in [9.17, 15) is 0 Å². The van der Waals surface area contributed by atoms with Gasteiger partial charge in [0.05, 0.1) is 11.3 Å². The molecule has 0 aliphatic carbocycles. The molecule has 4 nitrogen and oxygen atoms in total. The molecule has 0 N–H and O–H groups in total. The summed E-state index contributed by atoms with van der Waals surface area (Å²) >= 11 is 0. The Hall–Kier alpha value is -4.96. The average molecular weight is 824 g/mol. The largest absolute Gasteiger partial charge is 0.500 e. The molecule has 8 rings (SSSR count). The van der Waals surface area contributed by atoms with Crippen molar-refractivity contribution < 1.29 is 35.5 Å². The van der Waals surface area contributed by atoms with Crippen molar-refractivity contribution in [1.29, 1.82) is 0 Å². The first-order chi connectivity index (χ1) is 26.4. The molecule has 5 heteroatoms. The second-order valence-electron chi connectivity index (χ2n) is 12.5. The van der Waals surface area contributed by atoms with Crippen LogP contribution in [-0.4, -0.2) is 15.0 Å². The monoisotopic (exact) mass is 824 g/mol. The van der Waals surface area contributed by atoms with Crippen molar-refractivity contribution in [2.24, 2.45) is 5.41 Å². The quantitative estimate of drug-likeness (QED) is 0.166. The van der Waals surface area contributed by atoms with Gasteiger partial charge in [0, 0.05) is 66.0 Å². The van der Waals surface area contributed by atoms with Crippen LogP contribution >= 0.6 is 0 Å². The zero-order valence-electron chi connectivity index (χ0n) is 35.1. The topological polar surface area (TPSA) is 51.8 Å². The summed E-state index contributed by atoms with van der Waals surface area (Å²) in [7, 11) is 0. The van der Waals surface area contributed by atoms with Gasteiger partial charge in [-0.05, 0) is 52.6 Å². The maximum absolute atomic E-state index is 8.47. The van der Waals surface area contributed by atoms with Gasteiger partial charge in [0.1, 0.15) is 5.58 Å². The second kappa shape index (κ2) is 14.3. The van der Waals surface area contributed by atoms with Gasteiger partial charge in [0.2, 0.25) is 0 Å². The van der Waals surface area contributed by atoms with Gasteiger partial charge in [-0.15, -0.1) is 53.6 Å². The summed E-state index contributed by atoms with van der Waals surface area (Å²) in [6.45, 7) is 1.34. The van der Waals surface area contributed by atoms with Gasteiger partial charge in [0.25, 0.3) is 0 Å². The SMILES string of the molecule is [2H]C([2H])([2H])c1c[c-]c(-c2ccc(C([2H])([2H])[2H])cn2)cc1.[2H]C([2H])(c1ccc(-c2ccc(-c3[c-]ccc4c3oc3c5ccccc5ccc43)nc2)nc1)C(C)(C)C.[Ir]. The van der Waals surface area contributed by atoms with E-state index in [0.29, 0.717) is 16.8 Å². The number of pyridine rings is 3. The minimum atomic E-state index is -2.18. The summed E-state index contributed by atoms with van der Waals surface area (Å²) in [5.41, 5.74) is 6.45. The Labute approximate surface area is 312 Å². The third-order valence-corrected chi connectivity index (χ3v) is 7.77. The van der Waals surface area contributed by atoms with Crippen LogP contribution < -0.4 is 0 Å². The number of benzene rings is 4. The van der Waals surface area contributed by atoms with Gasteiger partial charge in [-0.2, -0.15) is 0 Å². The molecule has 245 valence electrons. The van der Waals surface area contributed by atoms with Crippen LogP contribution in [-0.2, 0) is 26.5 Å². The molecule has 49 heavy (non-hydrogen) atoms. The molecule has 0 fully saturated rings. The van der Waals surface area contributed by atoms with Crippen LogP contribution in [0.5, 0.6) is 0 Å². The minimum absolute atomic E-state index is 0. The van der Waals surface area contributed by atoms with E-state index in [-0.39, 0.29) is 31.2 Å². The molecule has 0 saturated heterocycles. The Morgan fingerprint density at radius 1 is 0.673 bits per heavy atom. The Balaban J connectivity index is 0.000000223. The molecule has 0 aliphatic heterocycles. The molecular formula is C44H37IrN3O-2.